The number of nitrogens with zero attached hydrogens (tertiary/aromatic N) is 1. The fourth-order valence-corrected chi connectivity index (χ4v) is 4.07. The van der Waals surface area contributed by atoms with Gasteiger partial charge in [0, 0.05) is 24.5 Å². The third-order valence-corrected chi connectivity index (χ3v) is 5.36. The molecule has 1 atom stereocenters. The van der Waals surface area contributed by atoms with Crippen LogP contribution < -0.4 is 5.32 Å². The maximum absolute atomic E-state index is 11.0. The number of aromatic carboxylic acids is 1. The van der Waals surface area contributed by atoms with Gasteiger partial charge in [-0.25, -0.2) is 4.79 Å². The van der Waals surface area contributed by atoms with Crippen LogP contribution >= 0.6 is 11.3 Å². The maximum Gasteiger partial charge on any atom is 0.335 e. The molecule has 1 unspecified atom stereocenters. The van der Waals surface area contributed by atoms with E-state index in [9.17, 15) is 4.79 Å². The normalized spacial score (nSPS) is 18.6. The van der Waals surface area contributed by atoms with Gasteiger partial charge in [0.15, 0.2) is 0 Å². The number of hydrogen-bond donors (Lipinski definition) is 2. The monoisotopic (exact) mass is 344 g/mol. The predicted molar refractivity (Wildman–Crippen MR) is 97.4 cm³/mol. The Morgan fingerprint density at radius 2 is 2.25 bits per heavy atom. The molecule has 1 aromatic carbocycles. The maximum atomic E-state index is 11.0. The Kier molecular flexibility index (Phi) is 6.01. The molecule has 4 nitrogen and oxygen atoms in total. The number of benzene rings is 1. The second kappa shape index (κ2) is 8.42. The first-order valence-electron chi connectivity index (χ1n) is 8.48. The molecule has 0 bridgehead atoms. The molecule has 2 N–H and O–H groups in total. The summed E-state index contributed by atoms with van der Waals surface area (Å²) in [6, 6.07) is 11.5. The minimum Gasteiger partial charge on any atom is -0.478 e. The van der Waals surface area contributed by atoms with Crippen LogP contribution in [-0.2, 0) is 13.1 Å². The van der Waals surface area contributed by atoms with Crippen LogP contribution in [0.1, 0.15) is 33.6 Å². The second-order valence-corrected chi connectivity index (χ2v) is 7.49. The van der Waals surface area contributed by atoms with Gasteiger partial charge in [-0.15, -0.1) is 11.3 Å². The molecule has 24 heavy (non-hydrogen) atoms. The van der Waals surface area contributed by atoms with Gasteiger partial charge in [0.05, 0.1) is 5.56 Å². The van der Waals surface area contributed by atoms with E-state index >= 15 is 0 Å². The Morgan fingerprint density at radius 3 is 3.04 bits per heavy atom. The standard InChI is InChI=1S/C19H24N2O2S/c22-19(23)17-6-1-4-15(10-17)11-20-12-16-5-2-8-21(13-16)14-18-7-3-9-24-18/h1,3-4,6-7,9-10,16,20H,2,5,8,11-14H2,(H,22,23). The molecular weight excluding hydrogens is 320 g/mol. The summed E-state index contributed by atoms with van der Waals surface area (Å²) >= 11 is 1.83. The Balaban J connectivity index is 1.44. The molecule has 1 aromatic heterocycles. The van der Waals surface area contributed by atoms with Gasteiger partial charge in [-0.3, -0.25) is 4.90 Å². The van der Waals surface area contributed by atoms with Crippen LogP contribution in [0.5, 0.6) is 0 Å². The van der Waals surface area contributed by atoms with Crippen LogP contribution in [-0.4, -0.2) is 35.6 Å². The van der Waals surface area contributed by atoms with Crippen LogP contribution in [0.2, 0.25) is 0 Å². The number of hydrogen-bond acceptors (Lipinski definition) is 4. The zero-order valence-corrected chi connectivity index (χ0v) is 14.6. The number of carboxylic acid groups (broad SMARTS) is 1. The van der Waals surface area contributed by atoms with Crippen molar-refractivity contribution in [1.29, 1.82) is 0 Å². The topological polar surface area (TPSA) is 52.6 Å². The van der Waals surface area contributed by atoms with Crippen LogP contribution in [0.3, 0.4) is 0 Å². The highest BCUT2D eigenvalue weighted by Gasteiger charge is 2.19. The summed E-state index contributed by atoms with van der Waals surface area (Å²) < 4.78 is 0. The van der Waals surface area contributed by atoms with Crippen LogP contribution in [0.15, 0.2) is 41.8 Å². The molecule has 5 heteroatoms. The fraction of sp³-hybridized carbons (Fsp3) is 0.421. The molecule has 0 spiro atoms. The lowest BCUT2D eigenvalue weighted by atomic mass is 9.98. The smallest absolute Gasteiger partial charge is 0.335 e. The number of nitrogens with one attached hydrogen (secondary N) is 1. The van der Waals surface area contributed by atoms with E-state index in [0.29, 0.717) is 11.5 Å². The fourth-order valence-electron chi connectivity index (χ4n) is 3.32. The molecule has 1 aliphatic heterocycles. The van der Waals surface area contributed by atoms with Crippen molar-refractivity contribution in [2.24, 2.45) is 5.92 Å². The highest BCUT2D eigenvalue weighted by molar-refractivity contribution is 7.09. The van der Waals surface area contributed by atoms with E-state index in [0.717, 1.165) is 31.7 Å². The Hall–Kier alpha value is -1.69. The Bertz CT molecular complexity index is 657. The van der Waals surface area contributed by atoms with Crippen molar-refractivity contribution < 1.29 is 9.90 Å². The van der Waals surface area contributed by atoms with Gasteiger partial charge >= 0.3 is 5.97 Å². The molecule has 0 aliphatic carbocycles. The van der Waals surface area contributed by atoms with Gasteiger partial charge in [-0.05, 0) is 61.0 Å². The van der Waals surface area contributed by atoms with Crippen molar-refractivity contribution >= 4 is 17.3 Å². The van der Waals surface area contributed by atoms with Crippen molar-refractivity contribution in [3.63, 3.8) is 0 Å². The first kappa shape index (κ1) is 17.1. The average Bonchev–Trinajstić information content (AvgIpc) is 3.08. The lowest BCUT2D eigenvalue weighted by molar-refractivity contribution is 0.0696. The summed E-state index contributed by atoms with van der Waals surface area (Å²) in [5.41, 5.74) is 1.38. The first-order chi connectivity index (χ1) is 11.7. The van der Waals surface area contributed by atoms with Gasteiger partial charge in [0.2, 0.25) is 0 Å². The van der Waals surface area contributed by atoms with Crippen molar-refractivity contribution in [2.75, 3.05) is 19.6 Å². The number of piperidine rings is 1. The van der Waals surface area contributed by atoms with Crippen LogP contribution in [0.4, 0.5) is 0 Å². The van der Waals surface area contributed by atoms with Crippen molar-refractivity contribution in [1.82, 2.24) is 10.2 Å². The molecule has 2 aromatic rings. The van der Waals surface area contributed by atoms with Gasteiger partial charge in [0.1, 0.15) is 0 Å². The van der Waals surface area contributed by atoms with Gasteiger partial charge in [-0.1, -0.05) is 18.2 Å². The van der Waals surface area contributed by atoms with E-state index < -0.39 is 5.97 Å². The van der Waals surface area contributed by atoms with Crippen molar-refractivity contribution in [2.45, 2.75) is 25.9 Å². The summed E-state index contributed by atoms with van der Waals surface area (Å²) in [5, 5.41) is 14.7. The molecule has 0 radical (unpaired) electrons. The van der Waals surface area contributed by atoms with Crippen LogP contribution in [0.25, 0.3) is 0 Å². The van der Waals surface area contributed by atoms with E-state index in [2.05, 4.69) is 27.7 Å². The van der Waals surface area contributed by atoms with Gasteiger partial charge < -0.3 is 10.4 Å². The number of likely N-dealkylation sites (tertiary alicyclic amines) is 1. The van der Waals surface area contributed by atoms with Crippen molar-refractivity contribution in [3.8, 4) is 0 Å². The lowest BCUT2D eigenvalue weighted by Gasteiger charge is -2.32. The Labute approximate surface area is 147 Å². The number of carbonyl (C=O) groups is 1. The molecule has 1 fully saturated rings. The van der Waals surface area contributed by atoms with E-state index in [4.69, 9.17) is 5.11 Å². The zero-order valence-electron chi connectivity index (χ0n) is 13.8. The quantitative estimate of drug-likeness (QED) is 0.808. The molecular formula is C19H24N2O2S. The average molecular weight is 344 g/mol. The summed E-state index contributed by atoms with van der Waals surface area (Å²) in [6.07, 6.45) is 2.52. The van der Waals surface area contributed by atoms with Crippen LogP contribution in [0, 0.1) is 5.92 Å². The molecule has 1 saturated heterocycles. The Morgan fingerprint density at radius 1 is 1.33 bits per heavy atom. The van der Waals surface area contributed by atoms with Gasteiger partial charge in [0.25, 0.3) is 0 Å². The summed E-state index contributed by atoms with van der Waals surface area (Å²) in [6.45, 7) is 5.10. The van der Waals surface area contributed by atoms with E-state index in [1.54, 1.807) is 12.1 Å². The molecule has 3 rings (SSSR count). The second-order valence-electron chi connectivity index (χ2n) is 6.46. The summed E-state index contributed by atoms with van der Waals surface area (Å²) in [4.78, 5) is 15.0. The summed E-state index contributed by atoms with van der Waals surface area (Å²) in [5.74, 6) is -0.199. The molecule has 128 valence electrons. The zero-order chi connectivity index (χ0) is 16.8. The largest absolute Gasteiger partial charge is 0.478 e. The summed E-state index contributed by atoms with van der Waals surface area (Å²) in [7, 11) is 0. The molecule has 1 aliphatic rings. The lowest BCUT2D eigenvalue weighted by Crippen LogP contribution is -2.38. The third kappa shape index (κ3) is 4.90. The first-order valence-corrected chi connectivity index (χ1v) is 9.36. The van der Waals surface area contributed by atoms with E-state index in [1.165, 1.54) is 24.3 Å². The van der Waals surface area contributed by atoms with Crippen molar-refractivity contribution in [3.05, 3.63) is 57.8 Å². The molecule has 0 amide bonds. The predicted octanol–water partition coefficient (Wildman–Crippen LogP) is 3.45. The van der Waals surface area contributed by atoms with Gasteiger partial charge in [-0.2, -0.15) is 0 Å². The highest BCUT2D eigenvalue weighted by atomic mass is 32.1. The number of rotatable bonds is 7. The minimum atomic E-state index is -0.867. The SMILES string of the molecule is O=C(O)c1cccc(CNCC2CCCN(Cc3cccs3)C2)c1. The number of thiophene rings is 1. The number of carboxylic acids is 1. The minimum absolute atomic E-state index is 0.356. The highest BCUT2D eigenvalue weighted by Crippen LogP contribution is 2.20. The molecule has 0 saturated carbocycles. The van der Waals surface area contributed by atoms with E-state index in [-0.39, 0.29) is 0 Å². The third-order valence-electron chi connectivity index (χ3n) is 4.50. The van der Waals surface area contributed by atoms with E-state index in [1.807, 2.05) is 23.5 Å². The molecule has 2 heterocycles.